The standard InChI is InChI=1S/C12H15NO2/c1-2-12(11(14)8-9-13)15-10-6-4-3-5-7-10/h3-7,11-12,14H,2,8H2,1H3. The lowest BCUT2D eigenvalue weighted by molar-refractivity contribution is 0.0373. The summed E-state index contributed by atoms with van der Waals surface area (Å²) in [6.45, 7) is 1.92. The van der Waals surface area contributed by atoms with E-state index >= 15 is 0 Å². The van der Waals surface area contributed by atoms with Crippen LogP contribution in [0.25, 0.3) is 0 Å². The van der Waals surface area contributed by atoms with Gasteiger partial charge in [0.1, 0.15) is 18.0 Å². The van der Waals surface area contributed by atoms with Gasteiger partial charge in [-0.15, -0.1) is 0 Å². The fourth-order valence-corrected chi connectivity index (χ4v) is 1.33. The molecule has 15 heavy (non-hydrogen) atoms. The highest BCUT2D eigenvalue weighted by molar-refractivity contribution is 5.21. The lowest BCUT2D eigenvalue weighted by atomic mass is 10.1. The Morgan fingerprint density at radius 3 is 2.60 bits per heavy atom. The first-order chi connectivity index (χ1) is 7.27. The number of hydrogen-bond acceptors (Lipinski definition) is 3. The van der Waals surface area contributed by atoms with Crippen LogP contribution in [0.5, 0.6) is 5.75 Å². The summed E-state index contributed by atoms with van der Waals surface area (Å²) in [7, 11) is 0. The highest BCUT2D eigenvalue weighted by atomic mass is 16.5. The van der Waals surface area contributed by atoms with Gasteiger partial charge in [0.05, 0.1) is 12.5 Å². The average Bonchev–Trinajstić information content (AvgIpc) is 2.27. The minimum Gasteiger partial charge on any atom is -0.488 e. The van der Waals surface area contributed by atoms with E-state index in [9.17, 15) is 5.11 Å². The summed E-state index contributed by atoms with van der Waals surface area (Å²) in [5.41, 5.74) is 0. The average molecular weight is 205 g/mol. The second-order valence-corrected chi connectivity index (χ2v) is 3.31. The quantitative estimate of drug-likeness (QED) is 0.801. The van der Waals surface area contributed by atoms with Crippen LogP contribution in [0.1, 0.15) is 19.8 Å². The first-order valence-corrected chi connectivity index (χ1v) is 5.04. The van der Waals surface area contributed by atoms with E-state index in [-0.39, 0.29) is 12.5 Å². The summed E-state index contributed by atoms with van der Waals surface area (Å²) in [5.74, 6) is 0.723. The second-order valence-electron chi connectivity index (χ2n) is 3.31. The van der Waals surface area contributed by atoms with Crippen LogP contribution in [-0.4, -0.2) is 17.3 Å². The van der Waals surface area contributed by atoms with E-state index < -0.39 is 6.10 Å². The molecule has 1 aromatic rings. The van der Waals surface area contributed by atoms with Gasteiger partial charge in [-0.2, -0.15) is 5.26 Å². The highest BCUT2D eigenvalue weighted by Crippen LogP contribution is 2.15. The SMILES string of the molecule is CCC(Oc1ccccc1)C(O)CC#N. The smallest absolute Gasteiger partial charge is 0.125 e. The van der Waals surface area contributed by atoms with Crippen molar-refractivity contribution in [3.8, 4) is 11.8 Å². The maximum atomic E-state index is 9.62. The van der Waals surface area contributed by atoms with Gasteiger partial charge in [-0.3, -0.25) is 0 Å². The molecule has 2 unspecified atom stereocenters. The number of ether oxygens (including phenoxy) is 1. The van der Waals surface area contributed by atoms with Crippen molar-refractivity contribution in [3.05, 3.63) is 30.3 Å². The van der Waals surface area contributed by atoms with Gasteiger partial charge in [0.15, 0.2) is 0 Å². The topological polar surface area (TPSA) is 53.2 Å². The molecule has 0 aliphatic heterocycles. The summed E-state index contributed by atoms with van der Waals surface area (Å²) in [4.78, 5) is 0. The molecule has 0 heterocycles. The Bertz CT molecular complexity index is 318. The van der Waals surface area contributed by atoms with Crippen LogP contribution in [0.3, 0.4) is 0 Å². The van der Waals surface area contributed by atoms with Crippen molar-refractivity contribution in [2.24, 2.45) is 0 Å². The molecule has 1 rings (SSSR count). The Morgan fingerprint density at radius 1 is 1.40 bits per heavy atom. The molecule has 0 fully saturated rings. The summed E-state index contributed by atoms with van der Waals surface area (Å²) in [6.07, 6.45) is -0.254. The maximum Gasteiger partial charge on any atom is 0.125 e. The van der Waals surface area contributed by atoms with Crippen LogP contribution in [0, 0.1) is 11.3 Å². The Labute approximate surface area is 89.9 Å². The first kappa shape index (κ1) is 11.5. The third kappa shape index (κ3) is 3.61. The van der Waals surface area contributed by atoms with Gasteiger partial charge in [0.25, 0.3) is 0 Å². The molecule has 2 atom stereocenters. The summed E-state index contributed by atoms with van der Waals surface area (Å²) >= 11 is 0. The lowest BCUT2D eigenvalue weighted by Gasteiger charge is -2.21. The van der Waals surface area contributed by atoms with Gasteiger partial charge >= 0.3 is 0 Å². The molecule has 0 bridgehead atoms. The molecule has 0 saturated carbocycles. The predicted molar refractivity (Wildman–Crippen MR) is 57.4 cm³/mol. The first-order valence-electron chi connectivity index (χ1n) is 5.04. The number of benzene rings is 1. The number of aliphatic hydroxyl groups is 1. The van der Waals surface area contributed by atoms with Crippen molar-refractivity contribution in [2.75, 3.05) is 0 Å². The zero-order valence-corrected chi connectivity index (χ0v) is 8.76. The highest BCUT2D eigenvalue weighted by Gasteiger charge is 2.18. The Kier molecular flexibility index (Phi) is 4.65. The third-order valence-electron chi connectivity index (χ3n) is 2.16. The number of aliphatic hydroxyl groups excluding tert-OH is 1. The van der Waals surface area contributed by atoms with E-state index in [1.165, 1.54) is 0 Å². The van der Waals surface area contributed by atoms with Gasteiger partial charge in [0.2, 0.25) is 0 Å². The van der Waals surface area contributed by atoms with E-state index in [0.29, 0.717) is 6.42 Å². The summed E-state index contributed by atoms with van der Waals surface area (Å²) in [5, 5.41) is 18.1. The minimum absolute atomic E-state index is 0.103. The largest absolute Gasteiger partial charge is 0.488 e. The van der Waals surface area contributed by atoms with Crippen molar-refractivity contribution in [1.29, 1.82) is 5.26 Å². The fraction of sp³-hybridized carbons (Fsp3) is 0.417. The lowest BCUT2D eigenvalue weighted by Crippen LogP contribution is -2.30. The molecule has 0 saturated heterocycles. The molecule has 1 N–H and O–H groups in total. The predicted octanol–water partition coefficient (Wildman–Crippen LogP) is 2.12. The fourth-order valence-electron chi connectivity index (χ4n) is 1.33. The van der Waals surface area contributed by atoms with E-state index in [1.807, 2.05) is 43.3 Å². The van der Waals surface area contributed by atoms with Crippen LogP contribution in [-0.2, 0) is 0 Å². The van der Waals surface area contributed by atoms with Crippen molar-refractivity contribution in [1.82, 2.24) is 0 Å². The van der Waals surface area contributed by atoms with Crippen LogP contribution in [0.4, 0.5) is 0 Å². The maximum absolute atomic E-state index is 9.62. The van der Waals surface area contributed by atoms with Crippen molar-refractivity contribution in [3.63, 3.8) is 0 Å². The molecular formula is C12H15NO2. The van der Waals surface area contributed by atoms with Gasteiger partial charge < -0.3 is 9.84 Å². The minimum atomic E-state index is -0.722. The molecule has 0 aliphatic rings. The molecule has 1 aromatic carbocycles. The zero-order valence-electron chi connectivity index (χ0n) is 8.76. The molecule has 0 aliphatic carbocycles. The van der Waals surface area contributed by atoms with Crippen molar-refractivity contribution in [2.45, 2.75) is 32.0 Å². The van der Waals surface area contributed by atoms with Gasteiger partial charge in [-0.05, 0) is 18.6 Å². The number of nitriles is 1. The summed E-state index contributed by atoms with van der Waals surface area (Å²) in [6, 6.07) is 11.3. The monoisotopic (exact) mass is 205 g/mol. The Morgan fingerprint density at radius 2 is 2.07 bits per heavy atom. The number of rotatable bonds is 5. The summed E-state index contributed by atoms with van der Waals surface area (Å²) < 4.78 is 5.58. The van der Waals surface area contributed by atoms with Crippen molar-refractivity contribution < 1.29 is 9.84 Å². The van der Waals surface area contributed by atoms with Crippen LogP contribution < -0.4 is 4.74 Å². The molecule has 0 amide bonds. The van der Waals surface area contributed by atoms with Crippen LogP contribution in [0.2, 0.25) is 0 Å². The molecular weight excluding hydrogens is 190 g/mol. The van der Waals surface area contributed by atoms with E-state index in [0.717, 1.165) is 5.75 Å². The van der Waals surface area contributed by atoms with Crippen LogP contribution >= 0.6 is 0 Å². The Hall–Kier alpha value is -1.53. The molecule has 0 aromatic heterocycles. The zero-order chi connectivity index (χ0) is 11.1. The normalized spacial score (nSPS) is 13.9. The number of para-hydroxylation sites is 1. The molecule has 3 nitrogen and oxygen atoms in total. The number of nitrogens with zero attached hydrogens (tertiary/aromatic N) is 1. The van der Waals surface area contributed by atoms with E-state index in [2.05, 4.69) is 0 Å². The molecule has 0 radical (unpaired) electrons. The van der Waals surface area contributed by atoms with E-state index in [4.69, 9.17) is 10.00 Å². The van der Waals surface area contributed by atoms with Crippen LogP contribution in [0.15, 0.2) is 30.3 Å². The van der Waals surface area contributed by atoms with E-state index in [1.54, 1.807) is 0 Å². The van der Waals surface area contributed by atoms with Crippen molar-refractivity contribution >= 4 is 0 Å². The van der Waals surface area contributed by atoms with Gasteiger partial charge in [0, 0.05) is 0 Å². The number of hydrogen-bond donors (Lipinski definition) is 1. The van der Waals surface area contributed by atoms with Gasteiger partial charge in [-0.1, -0.05) is 25.1 Å². The molecule has 0 spiro atoms. The third-order valence-corrected chi connectivity index (χ3v) is 2.16. The second kappa shape index (κ2) is 6.05. The van der Waals surface area contributed by atoms with Gasteiger partial charge in [-0.25, -0.2) is 0 Å². The Balaban J connectivity index is 2.58. The molecule has 3 heteroatoms. The molecule has 80 valence electrons.